The molecule has 0 radical (unpaired) electrons. The summed E-state index contributed by atoms with van der Waals surface area (Å²) in [6, 6.07) is 3.89. The van der Waals surface area contributed by atoms with Crippen LogP contribution in [0.1, 0.15) is 25.5 Å². The highest BCUT2D eigenvalue weighted by Gasteiger charge is 1.99. The van der Waals surface area contributed by atoms with Gasteiger partial charge in [-0.05, 0) is 31.9 Å². The number of ether oxygens (including phenoxy) is 2. The predicted molar refractivity (Wildman–Crippen MR) is 104 cm³/mol. The molecule has 0 aromatic carbocycles. The number of halogens is 1. The van der Waals surface area contributed by atoms with Crippen molar-refractivity contribution < 1.29 is 13.9 Å². The molecule has 0 saturated carbocycles. The van der Waals surface area contributed by atoms with E-state index in [-0.39, 0.29) is 24.0 Å². The SMILES string of the molecule is CCNC(=NCCCCOCCOC)NCCc1ccco1.I. The standard InChI is InChI=1S/C16H29N3O3.HI/c1-3-17-16(19-10-8-15-7-6-12-22-15)18-9-4-5-11-21-14-13-20-2;/h6-7,12H,3-5,8-11,13-14H2,1-2H3,(H2,17,18,19);1H. The molecule has 0 spiro atoms. The fraction of sp³-hybridized carbons (Fsp3) is 0.688. The summed E-state index contributed by atoms with van der Waals surface area (Å²) in [7, 11) is 1.68. The molecule has 1 heterocycles. The Kier molecular flexibility index (Phi) is 15.5. The molecule has 0 amide bonds. The minimum Gasteiger partial charge on any atom is -0.469 e. The molecule has 1 aromatic rings. The number of hydrogen-bond donors (Lipinski definition) is 2. The lowest BCUT2D eigenvalue weighted by Gasteiger charge is -2.10. The highest BCUT2D eigenvalue weighted by Crippen LogP contribution is 1.99. The molecule has 7 heteroatoms. The quantitative estimate of drug-likeness (QED) is 0.227. The molecule has 1 aromatic heterocycles. The second kappa shape index (κ2) is 16.1. The lowest BCUT2D eigenvalue weighted by molar-refractivity contribution is 0.0690. The Labute approximate surface area is 156 Å². The molecule has 0 aliphatic heterocycles. The number of unbranched alkanes of at least 4 members (excludes halogenated alkanes) is 1. The summed E-state index contributed by atoms with van der Waals surface area (Å²) >= 11 is 0. The van der Waals surface area contributed by atoms with Crippen molar-refractivity contribution in [1.82, 2.24) is 10.6 Å². The molecule has 0 aliphatic carbocycles. The van der Waals surface area contributed by atoms with E-state index in [0.29, 0.717) is 13.2 Å². The number of nitrogens with zero attached hydrogens (tertiary/aromatic N) is 1. The van der Waals surface area contributed by atoms with Gasteiger partial charge in [0.25, 0.3) is 0 Å². The molecule has 6 nitrogen and oxygen atoms in total. The maximum absolute atomic E-state index is 5.42. The number of guanidine groups is 1. The molecule has 2 N–H and O–H groups in total. The van der Waals surface area contributed by atoms with Crippen LogP contribution in [0.5, 0.6) is 0 Å². The number of nitrogens with one attached hydrogen (secondary N) is 2. The minimum absolute atomic E-state index is 0. The van der Waals surface area contributed by atoms with Crippen LogP contribution in [0.4, 0.5) is 0 Å². The maximum atomic E-state index is 5.42. The highest BCUT2D eigenvalue weighted by molar-refractivity contribution is 14.0. The van der Waals surface area contributed by atoms with Crippen molar-refractivity contribution >= 4 is 29.9 Å². The van der Waals surface area contributed by atoms with Gasteiger partial charge in [0, 0.05) is 39.8 Å². The summed E-state index contributed by atoms with van der Waals surface area (Å²) in [6.45, 7) is 6.60. The molecule has 134 valence electrons. The van der Waals surface area contributed by atoms with E-state index in [9.17, 15) is 0 Å². The van der Waals surface area contributed by atoms with Crippen LogP contribution in [-0.4, -0.2) is 52.5 Å². The Hall–Kier alpha value is -0.800. The van der Waals surface area contributed by atoms with Crippen molar-refractivity contribution in [2.45, 2.75) is 26.2 Å². The van der Waals surface area contributed by atoms with Crippen molar-refractivity contribution in [2.75, 3.05) is 46.6 Å². The number of methoxy groups -OCH3 is 1. The third kappa shape index (κ3) is 12.3. The molecule has 0 fully saturated rings. The first-order valence-corrected chi connectivity index (χ1v) is 7.98. The van der Waals surface area contributed by atoms with Crippen LogP contribution < -0.4 is 10.6 Å². The van der Waals surface area contributed by atoms with Gasteiger partial charge in [-0.25, -0.2) is 0 Å². The van der Waals surface area contributed by atoms with E-state index in [1.165, 1.54) is 0 Å². The van der Waals surface area contributed by atoms with E-state index in [0.717, 1.165) is 57.2 Å². The van der Waals surface area contributed by atoms with E-state index in [2.05, 4.69) is 22.5 Å². The third-order valence-corrected chi connectivity index (χ3v) is 2.99. The van der Waals surface area contributed by atoms with Gasteiger partial charge >= 0.3 is 0 Å². The fourth-order valence-corrected chi connectivity index (χ4v) is 1.85. The Morgan fingerprint density at radius 2 is 2.09 bits per heavy atom. The van der Waals surface area contributed by atoms with Gasteiger partial charge in [-0.1, -0.05) is 0 Å². The third-order valence-electron chi connectivity index (χ3n) is 2.99. The van der Waals surface area contributed by atoms with Crippen LogP contribution in [0.15, 0.2) is 27.8 Å². The summed E-state index contributed by atoms with van der Waals surface area (Å²) in [5.74, 6) is 1.84. The largest absolute Gasteiger partial charge is 0.469 e. The summed E-state index contributed by atoms with van der Waals surface area (Å²) in [5, 5.41) is 6.55. The van der Waals surface area contributed by atoms with Gasteiger partial charge < -0.3 is 24.5 Å². The first-order chi connectivity index (χ1) is 10.9. The van der Waals surface area contributed by atoms with Crippen LogP contribution in [-0.2, 0) is 15.9 Å². The molecule has 0 bridgehead atoms. The number of furan rings is 1. The molecular weight excluding hydrogens is 409 g/mol. The van der Waals surface area contributed by atoms with Crippen molar-refractivity contribution in [1.29, 1.82) is 0 Å². The smallest absolute Gasteiger partial charge is 0.191 e. The molecule has 0 saturated heterocycles. The van der Waals surface area contributed by atoms with Crippen LogP contribution in [0.2, 0.25) is 0 Å². The van der Waals surface area contributed by atoms with Gasteiger partial charge in [0.15, 0.2) is 5.96 Å². The minimum atomic E-state index is 0. The summed E-state index contributed by atoms with van der Waals surface area (Å²) in [6.07, 6.45) is 4.58. The highest BCUT2D eigenvalue weighted by atomic mass is 127. The van der Waals surface area contributed by atoms with Crippen molar-refractivity contribution in [3.05, 3.63) is 24.2 Å². The number of hydrogen-bond acceptors (Lipinski definition) is 4. The number of rotatable bonds is 12. The van der Waals surface area contributed by atoms with Crippen molar-refractivity contribution in [3.8, 4) is 0 Å². The van der Waals surface area contributed by atoms with Crippen LogP contribution >= 0.6 is 24.0 Å². The van der Waals surface area contributed by atoms with Gasteiger partial charge in [-0.3, -0.25) is 4.99 Å². The molecule has 23 heavy (non-hydrogen) atoms. The molecule has 1 rings (SSSR count). The second-order valence-electron chi connectivity index (χ2n) is 4.83. The van der Waals surface area contributed by atoms with E-state index in [1.54, 1.807) is 13.4 Å². The average molecular weight is 439 g/mol. The first-order valence-electron chi connectivity index (χ1n) is 7.98. The normalized spacial score (nSPS) is 11.1. The Balaban J connectivity index is 0.00000484. The van der Waals surface area contributed by atoms with E-state index in [1.807, 2.05) is 12.1 Å². The lowest BCUT2D eigenvalue weighted by atomic mass is 10.3. The topological polar surface area (TPSA) is 68.0 Å². The summed E-state index contributed by atoms with van der Waals surface area (Å²) in [5.41, 5.74) is 0. The maximum Gasteiger partial charge on any atom is 0.191 e. The molecule has 0 unspecified atom stereocenters. The zero-order valence-corrected chi connectivity index (χ0v) is 16.5. The summed E-state index contributed by atoms with van der Waals surface area (Å²) < 4.78 is 15.6. The predicted octanol–water partition coefficient (Wildman–Crippen LogP) is 2.44. The fourth-order valence-electron chi connectivity index (χ4n) is 1.85. The van der Waals surface area contributed by atoms with E-state index < -0.39 is 0 Å². The Morgan fingerprint density at radius 1 is 1.22 bits per heavy atom. The molecular formula is C16H30IN3O3. The van der Waals surface area contributed by atoms with Crippen LogP contribution in [0.3, 0.4) is 0 Å². The molecule has 0 aliphatic rings. The van der Waals surface area contributed by atoms with Crippen molar-refractivity contribution in [3.63, 3.8) is 0 Å². The lowest BCUT2D eigenvalue weighted by Crippen LogP contribution is -2.38. The van der Waals surface area contributed by atoms with Gasteiger partial charge in [-0.15, -0.1) is 24.0 Å². The van der Waals surface area contributed by atoms with Crippen LogP contribution in [0, 0.1) is 0 Å². The monoisotopic (exact) mass is 439 g/mol. The van der Waals surface area contributed by atoms with E-state index >= 15 is 0 Å². The van der Waals surface area contributed by atoms with E-state index in [4.69, 9.17) is 13.9 Å². The second-order valence-corrected chi connectivity index (χ2v) is 4.83. The van der Waals surface area contributed by atoms with Gasteiger partial charge in [0.1, 0.15) is 5.76 Å². The number of aliphatic imine (C=N–C) groups is 1. The van der Waals surface area contributed by atoms with Gasteiger partial charge in [0.2, 0.25) is 0 Å². The summed E-state index contributed by atoms with van der Waals surface area (Å²) in [4.78, 5) is 4.55. The molecule has 0 atom stereocenters. The zero-order chi connectivity index (χ0) is 15.9. The van der Waals surface area contributed by atoms with Gasteiger partial charge in [-0.2, -0.15) is 0 Å². The Bertz CT molecular complexity index is 386. The van der Waals surface area contributed by atoms with Crippen molar-refractivity contribution in [2.24, 2.45) is 4.99 Å². The Morgan fingerprint density at radius 3 is 2.78 bits per heavy atom. The first kappa shape index (κ1) is 22.2. The van der Waals surface area contributed by atoms with Crippen LogP contribution in [0.25, 0.3) is 0 Å². The van der Waals surface area contributed by atoms with Gasteiger partial charge in [0.05, 0.1) is 19.5 Å². The zero-order valence-electron chi connectivity index (χ0n) is 14.2. The average Bonchev–Trinajstić information content (AvgIpc) is 3.03.